The number of benzene rings is 1. The molecule has 1 aromatic rings. The Bertz CT molecular complexity index is 733. The van der Waals surface area contributed by atoms with Crippen LogP contribution in [0.5, 0.6) is 5.75 Å². The fraction of sp³-hybridized carbons (Fsp3) is 0.682. The van der Waals surface area contributed by atoms with Crippen molar-refractivity contribution < 1.29 is 23.4 Å². The number of carboxylic acid groups (broad SMARTS) is 1. The van der Waals surface area contributed by atoms with Crippen molar-refractivity contribution in [3.05, 3.63) is 29.3 Å². The van der Waals surface area contributed by atoms with Crippen LogP contribution in [0.3, 0.4) is 0 Å². The maximum absolute atomic E-state index is 15.0. The largest absolute Gasteiger partial charge is 0.486 e. The Morgan fingerprint density at radius 3 is 2.55 bits per heavy atom. The van der Waals surface area contributed by atoms with Crippen LogP contribution in [0.2, 0.25) is 0 Å². The summed E-state index contributed by atoms with van der Waals surface area (Å²) in [4.78, 5) is 13.4. The molecule has 0 unspecified atom stereocenters. The lowest BCUT2D eigenvalue weighted by atomic mass is 9.72. The van der Waals surface area contributed by atoms with Gasteiger partial charge in [-0.1, -0.05) is 6.92 Å². The summed E-state index contributed by atoms with van der Waals surface area (Å²) in [5.41, 5.74) is 0.557. The van der Waals surface area contributed by atoms with Crippen molar-refractivity contribution in [2.75, 3.05) is 20.6 Å². The van der Waals surface area contributed by atoms with E-state index < -0.39 is 29.7 Å². The van der Waals surface area contributed by atoms with E-state index >= 15 is 4.39 Å². The van der Waals surface area contributed by atoms with Gasteiger partial charge in [-0.25, -0.2) is 8.78 Å². The number of carbonyl (C=O) groups is 1. The second kappa shape index (κ2) is 8.96. The molecule has 2 atom stereocenters. The van der Waals surface area contributed by atoms with Crippen molar-refractivity contribution in [1.29, 1.82) is 0 Å². The molecule has 1 heterocycles. The summed E-state index contributed by atoms with van der Waals surface area (Å²) >= 11 is 0. The molecule has 2 aliphatic rings. The molecule has 1 saturated carbocycles. The van der Waals surface area contributed by atoms with E-state index in [-0.39, 0.29) is 17.7 Å². The van der Waals surface area contributed by atoms with Crippen LogP contribution in [0.25, 0.3) is 0 Å². The van der Waals surface area contributed by atoms with Crippen LogP contribution in [0.4, 0.5) is 8.78 Å². The van der Waals surface area contributed by atoms with Crippen LogP contribution < -0.4 is 10.1 Å². The molecule has 0 amide bonds. The van der Waals surface area contributed by atoms with E-state index in [0.717, 1.165) is 38.2 Å². The van der Waals surface area contributed by atoms with Crippen molar-refractivity contribution in [3.63, 3.8) is 0 Å². The van der Waals surface area contributed by atoms with Gasteiger partial charge in [-0.3, -0.25) is 4.79 Å². The quantitative estimate of drug-likeness (QED) is 0.719. The summed E-state index contributed by atoms with van der Waals surface area (Å²) in [6, 6.07) is 1.61. The van der Waals surface area contributed by atoms with E-state index in [2.05, 4.69) is 31.2 Å². The summed E-state index contributed by atoms with van der Waals surface area (Å²) in [6.45, 7) is 2.51. The molecule has 2 N–H and O–H groups in total. The third-order valence-electron chi connectivity index (χ3n) is 6.91. The highest BCUT2D eigenvalue weighted by molar-refractivity contribution is 5.73. The molecule has 7 heteroatoms. The first-order valence-corrected chi connectivity index (χ1v) is 10.5. The lowest BCUT2D eigenvalue weighted by Crippen LogP contribution is -2.46. The number of hydrogen-bond acceptors (Lipinski definition) is 4. The second-order valence-corrected chi connectivity index (χ2v) is 8.77. The molecule has 1 aliphatic carbocycles. The van der Waals surface area contributed by atoms with E-state index in [9.17, 15) is 9.18 Å². The first kappa shape index (κ1) is 22.0. The average molecular weight is 411 g/mol. The Balaban J connectivity index is 1.66. The van der Waals surface area contributed by atoms with E-state index in [0.29, 0.717) is 24.4 Å². The number of ether oxygens (including phenoxy) is 1. The normalized spacial score (nSPS) is 29.9. The molecule has 0 radical (unpaired) electrons. The molecular formula is C22H32F2N2O3. The van der Waals surface area contributed by atoms with Crippen molar-refractivity contribution >= 4 is 5.97 Å². The summed E-state index contributed by atoms with van der Waals surface area (Å²) < 4.78 is 34.8. The number of carboxylic acids is 1. The number of nitrogens with zero attached hydrogens (tertiary/aromatic N) is 1. The lowest BCUT2D eigenvalue weighted by molar-refractivity contribution is -0.139. The van der Waals surface area contributed by atoms with Crippen molar-refractivity contribution in [1.82, 2.24) is 10.2 Å². The lowest BCUT2D eigenvalue weighted by Gasteiger charge is -2.44. The minimum Gasteiger partial charge on any atom is -0.486 e. The van der Waals surface area contributed by atoms with Gasteiger partial charge >= 0.3 is 5.97 Å². The van der Waals surface area contributed by atoms with Gasteiger partial charge in [-0.05, 0) is 70.2 Å². The first-order chi connectivity index (χ1) is 13.7. The Morgan fingerprint density at radius 2 is 2.00 bits per heavy atom. The number of rotatable bonds is 7. The minimum atomic E-state index is -0.963. The molecule has 2 fully saturated rings. The second-order valence-electron chi connectivity index (χ2n) is 8.77. The molecule has 5 nitrogen and oxygen atoms in total. The fourth-order valence-corrected chi connectivity index (χ4v) is 4.86. The monoisotopic (exact) mass is 410 g/mol. The third-order valence-corrected chi connectivity index (χ3v) is 6.91. The van der Waals surface area contributed by atoms with Crippen LogP contribution in [0, 0.1) is 17.6 Å². The van der Waals surface area contributed by atoms with Gasteiger partial charge in [0.25, 0.3) is 0 Å². The van der Waals surface area contributed by atoms with Crippen molar-refractivity contribution in [2.24, 2.45) is 5.92 Å². The SMILES string of the molecule is CC[C@]1(N(C)C)CC[C@H](Cc2cc(F)cc(O[C@@H]3CN[C@H](C(=O)O)C3)c2F)CC1. The molecule has 1 aromatic carbocycles. The molecule has 1 saturated heterocycles. The Kier molecular flexibility index (Phi) is 6.79. The zero-order valence-electron chi connectivity index (χ0n) is 17.5. The number of nitrogens with one attached hydrogen (secondary N) is 1. The van der Waals surface area contributed by atoms with Gasteiger partial charge in [0.1, 0.15) is 18.0 Å². The maximum Gasteiger partial charge on any atom is 0.320 e. The van der Waals surface area contributed by atoms with E-state index in [1.54, 1.807) is 0 Å². The molecule has 0 bridgehead atoms. The van der Waals surface area contributed by atoms with Crippen LogP contribution in [0.1, 0.15) is 51.0 Å². The Morgan fingerprint density at radius 1 is 1.31 bits per heavy atom. The predicted octanol–water partition coefficient (Wildman–Crippen LogP) is 3.60. The first-order valence-electron chi connectivity index (χ1n) is 10.5. The molecule has 0 aromatic heterocycles. The molecule has 162 valence electrons. The molecule has 1 aliphatic heterocycles. The molecule has 29 heavy (non-hydrogen) atoms. The standard InChI is InChI=1S/C22H32F2N2O3/c1-4-22(26(2)3)7-5-14(6-8-22)9-15-10-16(23)11-19(20(15)24)29-17-12-18(21(27)28)25-13-17/h10-11,14,17-18,25H,4-9,12-13H2,1-3H3,(H,27,28)/t14-,17-,18-,22-/m0/s1. The fourth-order valence-electron chi connectivity index (χ4n) is 4.86. The van der Waals surface area contributed by atoms with Gasteiger partial charge in [0.05, 0.1) is 0 Å². The van der Waals surface area contributed by atoms with Gasteiger partial charge in [0.2, 0.25) is 0 Å². The van der Waals surface area contributed by atoms with Gasteiger partial charge in [-0.15, -0.1) is 0 Å². The van der Waals surface area contributed by atoms with Gasteiger partial charge in [0.15, 0.2) is 11.6 Å². The highest BCUT2D eigenvalue weighted by Gasteiger charge is 2.36. The predicted molar refractivity (Wildman–Crippen MR) is 107 cm³/mol. The molecule has 0 spiro atoms. The third kappa shape index (κ3) is 4.89. The van der Waals surface area contributed by atoms with Gasteiger partial charge < -0.3 is 20.1 Å². The molecule has 3 rings (SSSR count). The van der Waals surface area contributed by atoms with E-state index in [1.165, 1.54) is 6.07 Å². The highest BCUT2D eigenvalue weighted by Crippen LogP contribution is 2.39. The highest BCUT2D eigenvalue weighted by atomic mass is 19.1. The number of hydrogen-bond donors (Lipinski definition) is 2. The Hall–Kier alpha value is -1.73. The van der Waals surface area contributed by atoms with Gasteiger partial charge in [0, 0.05) is 24.6 Å². The Labute approximate surface area is 171 Å². The minimum absolute atomic E-state index is 0.121. The van der Waals surface area contributed by atoms with Crippen LogP contribution in [-0.2, 0) is 11.2 Å². The zero-order valence-corrected chi connectivity index (χ0v) is 17.5. The summed E-state index contributed by atoms with van der Waals surface area (Å²) in [5.74, 6) is -1.81. The van der Waals surface area contributed by atoms with Crippen LogP contribution in [-0.4, -0.2) is 54.3 Å². The van der Waals surface area contributed by atoms with Crippen LogP contribution >= 0.6 is 0 Å². The van der Waals surface area contributed by atoms with Gasteiger partial charge in [-0.2, -0.15) is 0 Å². The maximum atomic E-state index is 15.0. The average Bonchev–Trinajstić information content (AvgIpc) is 3.15. The summed E-state index contributed by atoms with van der Waals surface area (Å²) in [5, 5.41) is 11.9. The number of halogens is 2. The summed E-state index contributed by atoms with van der Waals surface area (Å²) in [6.07, 6.45) is 5.43. The topological polar surface area (TPSA) is 61.8 Å². The van der Waals surface area contributed by atoms with Crippen molar-refractivity contribution in [3.8, 4) is 5.75 Å². The summed E-state index contributed by atoms with van der Waals surface area (Å²) in [7, 11) is 4.24. The molecular weight excluding hydrogens is 378 g/mol. The smallest absolute Gasteiger partial charge is 0.320 e. The van der Waals surface area contributed by atoms with Crippen molar-refractivity contribution in [2.45, 2.75) is 69.6 Å². The van der Waals surface area contributed by atoms with E-state index in [1.807, 2.05) is 0 Å². The van der Waals surface area contributed by atoms with Crippen LogP contribution in [0.15, 0.2) is 12.1 Å². The van der Waals surface area contributed by atoms with E-state index in [4.69, 9.17) is 9.84 Å². The zero-order chi connectivity index (χ0) is 21.2. The number of aliphatic carboxylic acids is 1.